The first-order chi connectivity index (χ1) is 11.6. The molecule has 0 spiro atoms. The molecule has 6 nitrogen and oxygen atoms in total. The molecule has 1 aromatic heterocycles. The van der Waals surface area contributed by atoms with E-state index < -0.39 is 11.9 Å². The molecule has 1 atom stereocenters. The maximum atomic E-state index is 12.4. The Labute approximate surface area is 138 Å². The smallest absolute Gasteiger partial charge is 0.252 e. The number of hydrogen-bond donors (Lipinski definition) is 2. The second-order valence-electron chi connectivity index (χ2n) is 5.22. The van der Waals surface area contributed by atoms with Gasteiger partial charge in [-0.1, -0.05) is 30.3 Å². The van der Waals surface area contributed by atoms with Crippen LogP contribution in [0.25, 0.3) is 5.69 Å². The van der Waals surface area contributed by atoms with Gasteiger partial charge in [-0.15, -0.1) is 0 Å². The number of benzene rings is 2. The van der Waals surface area contributed by atoms with E-state index in [0.29, 0.717) is 11.1 Å². The van der Waals surface area contributed by atoms with Gasteiger partial charge in [0, 0.05) is 18.0 Å². The third-order valence-electron chi connectivity index (χ3n) is 3.59. The van der Waals surface area contributed by atoms with Gasteiger partial charge in [0.05, 0.1) is 5.69 Å². The third kappa shape index (κ3) is 3.33. The van der Waals surface area contributed by atoms with Gasteiger partial charge in [-0.3, -0.25) is 9.59 Å². The van der Waals surface area contributed by atoms with E-state index in [9.17, 15) is 9.59 Å². The zero-order valence-electron chi connectivity index (χ0n) is 12.8. The zero-order valence-corrected chi connectivity index (χ0v) is 12.8. The fraction of sp³-hybridized carbons (Fsp3) is 0.0556. The van der Waals surface area contributed by atoms with Crippen LogP contribution in [0.5, 0.6) is 0 Å². The molecular weight excluding hydrogens is 304 g/mol. The highest BCUT2D eigenvalue weighted by atomic mass is 16.2. The van der Waals surface area contributed by atoms with Crippen LogP contribution in [-0.2, 0) is 4.79 Å². The molecule has 3 rings (SSSR count). The van der Waals surface area contributed by atoms with Crippen molar-refractivity contribution in [3.63, 3.8) is 0 Å². The van der Waals surface area contributed by atoms with E-state index in [2.05, 4.69) is 10.4 Å². The minimum Gasteiger partial charge on any atom is -0.368 e. The summed E-state index contributed by atoms with van der Waals surface area (Å²) >= 11 is 0. The highest BCUT2D eigenvalue weighted by molar-refractivity contribution is 5.97. The molecule has 24 heavy (non-hydrogen) atoms. The Kier molecular flexibility index (Phi) is 4.38. The second kappa shape index (κ2) is 6.78. The number of primary amides is 1. The second-order valence-corrected chi connectivity index (χ2v) is 5.22. The fourth-order valence-corrected chi connectivity index (χ4v) is 2.37. The van der Waals surface area contributed by atoms with E-state index in [4.69, 9.17) is 5.73 Å². The van der Waals surface area contributed by atoms with Gasteiger partial charge in [0.25, 0.3) is 5.91 Å². The molecule has 0 bridgehead atoms. The number of aromatic nitrogens is 2. The Morgan fingerprint density at radius 1 is 1.00 bits per heavy atom. The van der Waals surface area contributed by atoms with Crippen molar-refractivity contribution in [3.05, 3.63) is 84.2 Å². The van der Waals surface area contributed by atoms with E-state index in [-0.39, 0.29) is 5.91 Å². The molecule has 3 N–H and O–H groups in total. The van der Waals surface area contributed by atoms with Crippen LogP contribution in [0.3, 0.4) is 0 Å². The van der Waals surface area contributed by atoms with E-state index in [1.165, 1.54) is 0 Å². The lowest BCUT2D eigenvalue weighted by Gasteiger charge is -2.16. The SMILES string of the molecule is NC(=O)C(NC(=O)c1ccc(-n2cccn2)cc1)c1ccccc1. The molecule has 0 saturated carbocycles. The van der Waals surface area contributed by atoms with Crippen LogP contribution in [-0.4, -0.2) is 21.6 Å². The van der Waals surface area contributed by atoms with E-state index in [1.807, 2.05) is 18.3 Å². The van der Waals surface area contributed by atoms with Crippen molar-refractivity contribution in [2.45, 2.75) is 6.04 Å². The molecule has 1 unspecified atom stereocenters. The first-order valence-corrected chi connectivity index (χ1v) is 7.40. The minimum absolute atomic E-state index is 0.366. The van der Waals surface area contributed by atoms with Crippen LogP contribution in [0.15, 0.2) is 73.1 Å². The number of hydrogen-bond acceptors (Lipinski definition) is 3. The maximum absolute atomic E-state index is 12.4. The van der Waals surface area contributed by atoms with Crippen LogP contribution in [0.4, 0.5) is 0 Å². The van der Waals surface area contributed by atoms with Crippen molar-refractivity contribution in [2.75, 3.05) is 0 Å². The molecule has 6 heteroatoms. The van der Waals surface area contributed by atoms with Crippen molar-refractivity contribution < 1.29 is 9.59 Å². The number of nitrogens with two attached hydrogens (primary N) is 1. The summed E-state index contributed by atoms with van der Waals surface area (Å²) < 4.78 is 1.69. The maximum Gasteiger partial charge on any atom is 0.252 e. The van der Waals surface area contributed by atoms with Crippen molar-refractivity contribution in [2.24, 2.45) is 5.73 Å². The average Bonchev–Trinajstić information content (AvgIpc) is 3.15. The van der Waals surface area contributed by atoms with Gasteiger partial charge >= 0.3 is 0 Å². The molecule has 0 aliphatic carbocycles. The standard InChI is InChI=1S/C18H16N4O2/c19-17(23)16(13-5-2-1-3-6-13)21-18(24)14-7-9-15(10-8-14)22-12-4-11-20-22/h1-12,16H,(H2,19,23)(H,21,24). The summed E-state index contributed by atoms with van der Waals surface area (Å²) in [5, 5.41) is 6.79. The monoisotopic (exact) mass is 320 g/mol. The van der Waals surface area contributed by atoms with E-state index in [1.54, 1.807) is 59.4 Å². The summed E-state index contributed by atoms with van der Waals surface area (Å²) in [4.78, 5) is 24.1. The van der Waals surface area contributed by atoms with Crippen molar-refractivity contribution in [1.82, 2.24) is 15.1 Å². The predicted octanol–water partition coefficient (Wildman–Crippen LogP) is 1.83. The molecular formula is C18H16N4O2. The number of carbonyl (C=O) groups excluding carboxylic acids is 2. The number of amides is 2. The van der Waals surface area contributed by atoms with Gasteiger partial charge in [-0.2, -0.15) is 5.10 Å². The Balaban J connectivity index is 1.77. The first-order valence-electron chi connectivity index (χ1n) is 7.40. The number of nitrogens with zero attached hydrogens (tertiary/aromatic N) is 2. The molecule has 2 aromatic carbocycles. The molecule has 0 aliphatic heterocycles. The summed E-state index contributed by atoms with van der Waals surface area (Å²) in [6.07, 6.45) is 3.49. The van der Waals surface area contributed by atoms with Gasteiger partial charge in [0.2, 0.25) is 5.91 Å². The molecule has 0 aliphatic rings. The Hall–Kier alpha value is -3.41. The highest BCUT2D eigenvalue weighted by Gasteiger charge is 2.20. The fourth-order valence-electron chi connectivity index (χ4n) is 2.37. The van der Waals surface area contributed by atoms with Gasteiger partial charge in [0.15, 0.2) is 0 Å². The molecule has 3 aromatic rings. The van der Waals surface area contributed by atoms with Crippen molar-refractivity contribution in [3.8, 4) is 5.69 Å². The average molecular weight is 320 g/mol. The Morgan fingerprint density at radius 3 is 2.29 bits per heavy atom. The molecule has 0 fully saturated rings. The van der Waals surface area contributed by atoms with Crippen LogP contribution in [0.2, 0.25) is 0 Å². The van der Waals surface area contributed by atoms with Crippen molar-refractivity contribution in [1.29, 1.82) is 0 Å². The van der Waals surface area contributed by atoms with E-state index >= 15 is 0 Å². The Morgan fingerprint density at radius 2 is 1.71 bits per heavy atom. The molecule has 0 saturated heterocycles. The number of carbonyl (C=O) groups is 2. The largest absolute Gasteiger partial charge is 0.368 e. The molecule has 1 heterocycles. The topological polar surface area (TPSA) is 90.0 Å². The van der Waals surface area contributed by atoms with Crippen LogP contribution in [0, 0.1) is 0 Å². The van der Waals surface area contributed by atoms with Gasteiger partial charge in [-0.05, 0) is 35.9 Å². The summed E-state index contributed by atoms with van der Waals surface area (Å²) in [6, 6.07) is 16.8. The molecule has 0 radical (unpaired) electrons. The van der Waals surface area contributed by atoms with Gasteiger partial charge in [-0.25, -0.2) is 4.68 Å². The highest BCUT2D eigenvalue weighted by Crippen LogP contribution is 2.14. The number of nitrogens with one attached hydrogen (secondary N) is 1. The lowest BCUT2D eigenvalue weighted by molar-refractivity contribution is -0.120. The van der Waals surface area contributed by atoms with E-state index in [0.717, 1.165) is 5.69 Å². The van der Waals surface area contributed by atoms with Gasteiger partial charge < -0.3 is 11.1 Å². The summed E-state index contributed by atoms with van der Waals surface area (Å²) in [5.74, 6) is -0.975. The molecule has 120 valence electrons. The third-order valence-corrected chi connectivity index (χ3v) is 3.59. The minimum atomic E-state index is -0.871. The lowest BCUT2D eigenvalue weighted by atomic mass is 10.1. The quantitative estimate of drug-likeness (QED) is 0.751. The summed E-state index contributed by atoms with van der Waals surface area (Å²) in [7, 11) is 0. The first kappa shape index (κ1) is 15.5. The Bertz CT molecular complexity index is 827. The van der Waals surface area contributed by atoms with Crippen LogP contribution in [0.1, 0.15) is 22.0 Å². The predicted molar refractivity (Wildman–Crippen MR) is 89.4 cm³/mol. The zero-order chi connectivity index (χ0) is 16.9. The van der Waals surface area contributed by atoms with Crippen LogP contribution >= 0.6 is 0 Å². The normalized spacial score (nSPS) is 11.7. The number of rotatable bonds is 5. The summed E-state index contributed by atoms with van der Waals surface area (Å²) in [5.41, 5.74) is 7.34. The van der Waals surface area contributed by atoms with Crippen LogP contribution < -0.4 is 11.1 Å². The molecule has 2 amide bonds. The van der Waals surface area contributed by atoms with Crippen molar-refractivity contribution >= 4 is 11.8 Å². The van der Waals surface area contributed by atoms with Gasteiger partial charge in [0.1, 0.15) is 6.04 Å². The summed E-state index contributed by atoms with van der Waals surface area (Å²) in [6.45, 7) is 0. The lowest BCUT2D eigenvalue weighted by Crippen LogP contribution is -2.37.